The number of hydrogen-bond donors (Lipinski definition) is 1. The lowest BCUT2D eigenvalue weighted by atomic mass is 10.1. The van der Waals surface area contributed by atoms with Crippen LogP contribution in [-0.2, 0) is 4.74 Å². The van der Waals surface area contributed by atoms with Crippen LogP contribution in [0.4, 0.5) is 0 Å². The topological polar surface area (TPSA) is 12.5 Å². The zero-order valence-corrected chi connectivity index (χ0v) is 12.1. The number of rotatable bonds is 11. The third-order valence-corrected chi connectivity index (χ3v) is 3.47. The van der Waals surface area contributed by atoms with Crippen LogP contribution in [0.25, 0.3) is 0 Å². The van der Waals surface area contributed by atoms with Gasteiger partial charge in [-0.2, -0.15) is 12.6 Å². The Morgan fingerprint density at radius 1 is 1.12 bits per heavy atom. The first-order chi connectivity index (χ1) is 7.76. The predicted molar refractivity (Wildman–Crippen MR) is 75.5 cm³/mol. The van der Waals surface area contributed by atoms with Crippen LogP contribution >= 0.6 is 12.6 Å². The minimum atomic E-state index is 0.681. The van der Waals surface area contributed by atoms with Gasteiger partial charge in [0, 0.05) is 19.7 Å². The van der Waals surface area contributed by atoms with Gasteiger partial charge in [0.15, 0.2) is 0 Å². The SMILES string of the molecule is CCC(C)N(CCCCCCS)CCOC. The summed E-state index contributed by atoms with van der Waals surface area (Å²) >= 11 is 4.23. The number of ether oxygens (including phenoxy) is 1. The van der Waals surface area contributed by atoms with E-state index in [0.29, 0.717) is 6.04 Å². The summed E-state index contributed by atoms with van der Waals surface area (Å²) in [5.74, 6) is 1.03. The van der Waals surface area contributed by atoms with E-state index in [1.54, 1.807) is 7.11 Å². The van der Waals surface area contributed by atoms with Gasteiger partial charge in [-0.1, -0.05) is 19.8 Å². The van der Waals surface area contributed by atoms with E-state index in [4.69, 9.17) is 4.74 Å². The maximum atomic E-state index is 5.16. The van der Waals surface area contributed by atoms with Crippen LogP contribution in [-0.4, -0.2) is 43.5 Å². The molecule has 0 aromatic rings. The Hall–Kier alpha value is 0.270. The lowest BCUT2D eigenvalue weighted by Gasteiger charge is -2.28. The molecule has 0 aliphatic rings. The second-order valence-corrected chi connectivity index (χ2v) is 4.87. The summed E-state index contributed by atoms with van der Waals surface area (Å²) in [5, 5.41) is 0. The van der Waals surface area contributed by atoms with E-state index in [0.717, 1.165) is 18.9 Å². The van der Waals surface area contributed by atoms with Crippen molar-refractivity contribution in [3.63, 3.8) is 0 Å². The van der Waals surface area contributed by atoms with E-state index >= 15 is 0 Å². The first-order valence-corrected chi connectivity index (χ1v) is 7.23. The second-order valence-electron chi connectivity index (χ2n) is 4.42. The molecule has 0 aliphatic heterocycles. The summed E-state index contributed by atoms with van der Waals surface area (Å²) in [7, 11) is 1.78. The normalized spacial score (nSPS) is 13.3. The second kappa shape index (κ2) is 11.7. The van der Waals surface area contributed by atoms with Crippen molar-refractivity contribution in [1.29, 1.82) is 0 Å². The van der Waals surface area contributed by atoms with E-state index in [2.05, 4.69) is 31.4 Å². The van der Waals surface area contributed by atoms with Crippen LogP contribution in [0.3, 0.4) is 0 Å². The van der Waals surface area contributed by atoms with Crippen molar-refractivity contribution in [2.75, 3.05) is 32.6 Å². The Morgan fingerprint density at radius 3 is 2.38 bits per heavy atom. The van der Waals surface area contributed by atoms with Gasteiger partial charge in [0.25, 0.3) is 0 Å². The van der Waals surface area contributed by atoms with E-state index in [1.807, 2.05) is 0 Å². The molecule has 0 saturated carbocycles. The number of methoxy groups -OCH3 is 1. The van der Waals surface area contributed by atoms with Gasteiger partial charge in [0.1, 0.15) is 0 Å². The maximum absolute atomic E-state index is 5.16. The van der Waals surface area contributed by atoms with Gasteiger partial charge in [0.05, 0.1) is 6.61 Å². The summed E-state index contributed by atoms with van der Waals surface area (Å²) < 4.78 is 5.16. The van der Waals surface area contributed by atoms with E-state index in [-0.39, 0.29) is 0 Å². The molecule has 0 heterocycles. The van der Waals surface area contributed by atoms with Gasteiger partial charge in [-0.05, 0) is 38.5 Å². The largest absolute Gasteiger partial charge is 0.383 e. The molecule has 2 nitrogen and oxygen atoms in total. The monoisotopic (exact) mass is 247 g/mol. The average molecular weight is 247 g/mol. The average Bonchev–Trinajstić information content (AvgIpc) is 2.31. The molecule has 1 unspecified atom stereocenters. The van der Waals surface area contributed by atoms with Crippen molar-refractivity contribution in [1.82, 2.24) is 4.90 Å². The van der Waals surface area contributed by atoms with E-state index in [1.165, 1.54) is 38.6 Å². The molecule has 0 amide bonds. The summed E-state index contributed by atoms with van der Waals surface area (Å²) in [5.41, 5.74) is 0. The highest BCUT2D eigenvalue weighted by molar-refractivity contribution is 7.80. The molecule has 0 spiro atoms. The van der Waals surface area contributed by atoms with Gasteiger partial charge < -0.3 is 4.74 Å². The molecule has 0 saturated heterocycles. The lowest BCUT2D eigenvalue weighted by Crippen LogP contribution is -2.36. The maximum Gasteiger partial charge on any atom is 0.0589 e. The van der Waals surface area contributed by atoms with Gasteiger partial charge in [-0.25, -0.2) is 0 Å². The molecule has 0 rings (SSSR count). The summed E-state index contributed by atoms with van der Waals surface area (Å²) in [6.45, 7) is 7.69. The Bertz CT molecular complexity index is 144. The molecule has 0 aliphatic carbocycles. The highest BCUT2D eigenvalue weighted by atomic mass is 32.1. The zero-order valence-electron chi connectivity index (χ0n) is 11.2. The Morgan fingerprint density at radius 2 is 1.81 bits per heavy atom. The van der Waals surface area contributed by atoms with Gasteiger partial charge >= 0.3 is 0 Å². The Kier molecular flexibility index (Phi) is 11.9. The summed E-state index contributed by atoms with van der Waals surface area (Å²) in [4.78, 5) is 2.55. The van der Waals surface area contributed by atoms with Crippen LogP contribution in [0.5, 0.6) is 0 Å². The molecule has 0 aromatic carbocycles. The first kappa shape index (κ1) is 16.3. The van der Waals surface area contributed by atoms with Crippen molar-refractivity contribution in [3.8, 4) is 0 Å². The third kappa shape index (κ3) is 8.43. The molecule has 98 valence electrons. The molecule has 0 fully saturated rings. The number of unbranched alkanes of at least 4 members (excludes halogenated alkanes) is 3. The number of hydrogen-bond acceptors (Lipinski definition) is 3. The fraction of sp³-hybridized carbons (Fsp3) is 1.00. The predicted octanol–water partition coefficient (Wildman–Crippen LogP) is 3.22. The van der Waals surface area contributed by atoms with Crippen molar-refractivity contribution in [3.05, 3.63) is 0 Å². The van der Waals surface area contributed by atoms with Gasteiger partial charge in [-0.15, -0.1) is 0 Å². The highest BCUT2D eigenvalue weighted by Gasteiger charge is 2.10. The summed E-state index contributed by atoms with van der Waals surface area (Å²) in [6.07, 6.45) is 6.44. The van der Waals surface area contributed by atoms with Crippen LogP contribution in [0.1, 0.15) is 46.0 Å². The molecule has 0 aromatic heterocycles. The molecular formula is C13H29NOS. The number of thiol groups is 1. The quantitative estimate of drug-likeness (QED) is 0.444. The fourth-order valence-electron chi connectivity index (χ4n) is 1.80. The molecule has 16 heavy (non-hydrogen) atoms. The van der Waals surface area contributed by atoms with Gasteiger partial charge in [-0.3, -0.25) is 4.90 Å². The first-order valence-electron chi connectivity index (χ1n) is 6.60. The minimum Gasteiger partial charge on any atom is -0.383 e. The minimum absolute atomic E-state index is 0.681. The third-order valence-electron chi connectivity index (χ3n) is 3.15. The smallest absolute Gasteiger partial charge is 0.0589 e. The Labute approximate surface area is 107 Å². The Balaban J connectivity index is 3.65. The van der Waals surface area contributed by atoms with Gasteiger partial charge in [0.2, 0.25) is 0 Å². The lowest BCUT2D eigenvalue weighted by molar-refractivity contribution is 0.121. The molecular weight excluding hydrogens is 218 g/mol. The molecule has 0 N–H and O–H groups in total. The van der Waals surface area contributed by atoms with Crippen molar-refractivity contribution in [2.24, 2.45) is 0 Å². The van der Waals surface area contributed by atoms with E-state index < -0.39 is 0 Å². The molecule has 1 atom stereocenters. The zero-order chi connectivity index (χ0) is 12.2. The highest BCUT2D eigenvalue weighted by Crippen LogP contribution is 2.07. The van der Waals surface area contributed by atoms with Crippen molar-refractivity contribution in [2.45, 2.75) is 52.0 Å². The fourth-order valence-corrected chi connectivity index (χ4v) is 2.02. The molecule has 3 heteroatoms. The van der Waals surface area contributed by atoms with Crippen LogP contribution < -0.4 is 0 Å². The molecule has 0 radical (unpaired) electrons. The summed E-state index contributed by atoms with van der Waals surface area (Å²) in [6, 6.07) is 0.681. The van der Waals surface area contributed by atoms with Crippen LogP contribution in [0.15, 0.2) is 0 Å². The molecule has 0 bridgehead atoms. The standard InChI is InChI=1S/C13H29NOS/c1-4-13(2)14(10-11-15-3)9-7-5-6-8-12-16/h13,16H,4-12H2,1-3H3. The number of nitrogens with zero attached hydrogens (tertiary/aromatic N) is 1. The van der Waals surface area contributed by atoms with Crippen molar-refractivity contribution >= 4 is 12.6 Å². The van der Waals surface area contributed by atoms with Crippen molar-refractivity contribution < 1.29 is 4.74 Å². The van der Waals surface area contributed by atoms with Crippen LogP contribution in [0.2, 0.25) is 0 Å². The van der Waals surface area contributed by atoms with E-state index in [9.17, 15) is 0 Å². The van der Waals surface area contributed by atoms with Crippen LogP contribution in [0, 0.1) is 0 Å².